The number of ether oxygens (including phenoxy) is 1. The molecule has 1 heterocycles. The summed E-state index contributed by atoms with van der Waals surface area (Å²) in [7, 11) is 0. The average Bonchev–Trinajstić information content (AvgIpc) is 2.81. The summed E-state index contributed by atoms with van der Waals surface area (Å²) in [5.41, 5.74) is 5.69. The van der Waals surface area contributed by atoms with Gasteiger partial charge in [0, 0.05) is 19.0 Å². The first-order valence-electron chi connectivity index (χ1n) is 6.41. The van der Waals surface area contributed by atoms with Gasteiger partial charge in [-0.3, -0.25) is 4.79 Å². The van der Waals surface area contributed by atoms with Crippen molar-refractivity contribution in [2.45, 2.75) is 25.3 Å². The molecule has 0 bridgehead atoms. The fraction of sp³-hybridized carbons (Fsp3) is 0.917. The van der Waals surface area contributed by atoms with Gasteiger partial charge >= 0.3 is 0 Å². The lowest BCUT2D eigenvalue weighted by Gasteiger charge is -2.35. The van der Waals surface area contributed by atoms with Gasteiger partial charge in [0.1, 0.15) is 0 Å². The van der Waals surface area contributed by atoms with E-state index in [-0.39, 0.29) is 6.04 Å². The molecule has 1 saturated heterocycles. The Morgan fingerprint density at radius 3 is 2.81 bits per heavy atom. The van der Waals surface area contributed by atoms with Crippen molar-refractivity contribution in [2.75, 3.05) is 26.3 Å². The number of morpholine rings is 1. The molecule has 0 spiro atoms. The number of nitrogens with zero attached hydrogens (tertiary/aromatic N) is 1. The monoisotopic (exact) mass is 224 g/mol. The van der Waals surface area contributed by atoms with Crippen molar-refractivity contribution in [3.05, 3.63) is 0 Å². The maximum Gasteiger partial charge on any atom is 0.226 e. The molecule has 4 heteroatoms. The second-order valence-electron chi connectivity index (χ2n) is 5.28. The number of carbonyl (C=O) groups excluding carboxylic acids is 1. The standard InChI is InChI=1S/C12H20N2O2/c13-6-8-7-16-5-4-14(8)12(15)11-9-2-1-3-10(9)11/h8-11H,1-7,13H2. The maximum atomic E-state index is 12.4. The molecule has 0 aromatic rings. The van der Waals surface area contributed by atoms with E-state index in [1.54, 1.807) is 0 Å². The van der Waals surface area contributed by atoms with E-state index < -0.39 is 0 Å². The van der Waals surface area contributed by atoms with Crippen LogP contribution in [0.4, 0.5) is 0 Å². The molecule has 2 saturated carbocycles. The molecule has 0 radical (unpaired) electrons. The van der Waals surface area contributed by atoms with Crippen molar-refractivity contribution in [1.29, 1.82) is 0 Å². The summed E-state index contributed by atoms with van der Waals surface area (Å²) in [6.07, 6.45) is 3.85. The molecule has 16 heavy (non-hydrogen) atoms. The van der Waals surface area contributed by atoms with Crippen molar-refractivity contribution in [3.8, 4) is 0 Å². The predicted molar refractivity (Wildman–Crippen MR) is 59.7 cm³/mol. The Bertz CT molecular complexity index is 285. The fourth-order valence-corrected chi connectivity index (χ4v) is 3.52. The van der Waals surface area contributed by atoms with Crippen LogP contribution in [0.1, 0.15) is 19.3 Å². The van der Waals surface area contributed by atoms with Gasteiger partial charge in [0.15, 0.2) is 0 Å². The van der Waals surface area contributed by atoms with Crippen LogP contribution < -0.4 is 5.73 Å². The number of fused-ring (bicyclic) bond motifs is 1. The van der Waals surface area contributed by atoms with Gasteiger partial charge in [-0.2, -0.15) is 0 Å². The number of amides is 1. The summed E-state index contributed by atoms with van der Waals surface area (Å²) >= 11 is 0. The molecule has 90 valence electrons. The molecule has 0 aromatic carbocycles. The fourth-order valence-electron chi connectivity index (χ4n) is 3.52. The minimum atomic E-state index is 0.113. The van der Waals surface area contributed by atoms with Crippen LogP contribution in [-0.2, 0) is 9.53 Å². The van der Waals surface area contributed by atoms with Crippen LogP contribution in [-0.4, -0.2) is 43.2 Å². The van der Waals surface area contributed by atoms with E-state index in [1.807, 2.05) is 4.90 Å². The molecule has 2 N–H and O–H groups in total. The Labute approximate surface area is 96.1 Å². The van der Waals surface area contributed by atoms with Gasteiger partial charge in [0.25, 0.3) is 0 Å². The summed E-state index contributed by atoms with van der Waals surface area (Å²) in [5.74, 6) is 2.09. The van der Waals surface area contributed by atoms with Gasteiger partial charge in [-0.05, 0) is 24.7 Å². The van der Waals surface area contributed by atoms with Crippen molar-refractivity contribution in [3.63, 3.8) is 0 Å². The highest BCUT2D eigenvalue weighted by Gasteiger charge is 2.57. The molecule has 3 atom stereocenters. The molecule has 3 aliphatic rings. The van der Waals surface area contributed by atoms with Crippen molar-refractivity contribution < 1.29 is 9.53 Å². The van der Waals surface area contributed by atoms with Gasteiger partial charge in [-0.25, -0.2) is 0 Å². The second-order valence-corrected chi connectivity index (χ2v) is 5.28. The Balaban J connectivity index is 1.65. The van der Waals surface area contributed by atoms with Crippen LogP contribution in [0.3, 0.4) is 0 Å². The van der Waals surface area contributed by atoms with E-state index in [1.165, 1.54) is 19.3 Å². The quantitative estimate of drug-likeness (QED) is 0.730. The topological polar surface area (TPSA) is 55.6 Å². The number of carbonyl (C=O) groups is 1. The van der Waals surface area contributed by atoms with Gasteiger partial charge in [0.2, 0.25) is 5.91 Å². The maximum absolute atomic E-state index is 12.4. The zero-order chi connectivity index (χ0) is 11.1. The van der Waals surface area contributed by atoms with E-state index in [0.29, 0.717) is 43.4 Å². The molecule has 1 amide bonds. The highest BCUT2D eigenvalue weighted by atomic mass is 16.5. The van der Waals surface area contributed by atoms with Crippen molar-refractivity contribution >= 4 is 5.91 Å². The lowest BCUT2D eigenvalue weighted by atomic mass is 10.1. The van der Waals surface area contributed by atoms with Gasteiger partial charge in [0.05, 0.1) is 19.3 Å². The Morgan fingerprint density at radius 2 is 2.12 bits per heavy atom. The summed E-state index contributed by atoms with van der Waals surface area (Å²) in [4.78, 5) is 14.3. The van der Waals surface area contributed by atoms with E-state index in [4.69, 9.17) is 10.5 Å². The Morgan fingerprint density at radius 1 is 1.38 bits per heavy atom. The predicted octanol–water partition coefficient (Wildman–Crippen LogP) is 0.219. The summed E-state index contributed by atoms with van der Waals surface area (Å²) in [6.45, 7) is 2.54. The molecule has 0 aromatic heterocycles. The zero-order valence-corrected chi connectivity index (χ0v) is 9.60. The summed E-state index contributed by atoms with van der Waals surface area (Å²) < 4.78 is 5.37. The first-order valence-corrected chi connectivity index (χ1v) is 6.41. The largest absolute Gasteiger partial charge is 0.377 e. The first kappa shape index (κ1) is 10.5. The average molecular weight is 224 g/mol. The molecule has 3 unspecified atom stereocenters. The SMILES string of the molecule is NCC1COCCN1C(=O)C1C2CCCC21. The summed E-state index contributed by atoms with van der Waals surface area (Å²) in [6, 6.07) is 0.113. The molecule has 3 rings (SSSR count). The third-order valence-corrected chi connectivity index (χ3v) is 4.47. The normalized spacial score (nSPS) is 41.9. The Hall–Kier alpha value is -0.610. The first-order chi connectivity index (χ1) is 7.83. The van der Waals surface area contributed by atoms with Gasteiger partial charge < -0.3 is 15.4 Å². The minimum absolute atomic E-state index is 0.113. The molecule has 4 nitrogen and oxygen atoms in total. The number of rotatable bonds is 2. The minimum Gasteiger partial charge on any atom is -0.377 e. The lowest BCUT2D eigenvalue weighted by molar-refractivity contribution is -0.141. The third-order valence-electron chi connectivity index (χ3n) is 4.47. The second kappa shape index (κ2) is 4.00. The molecular weight excluding hydrogens is 204 g/mol. The summed E-state index contributed by atoms with van der Waals surface area (Å²) in [5, 5.41) is 0. The van der Waals surface area contributed by atoms with Crippen LogP contribution in [0.5, 0.6) is 0 Å². The van der Waals surface area contributed by atoms with Crippen LogP contribution in [0, 0.1) is 17.8 Å². The van der Waals surface area contributed by atoms with Crippen LogP contribution >= 0.6 is 0 Å². The van der Waals surface area contributed by atoms with Crippen LogP contribution in [0.15, 0.2) is 0 Å². The van der Waals surface area contributed by atoms with E-state index >= 15 is 0 Å². The highest BCUT2D eigenvalue weighted by molar-refractivity contribution is 5.83. The van der Waals surface area contributed by atoms with E-state index in [2.05, 4.69) is 0 Å². The zero-order valence-electron chi connectivity index (χ0n) is 9.60. The van der Waals surface area contributed by atoms with Gasteiger partial charge in [-0.1, -0.05) is 6.42 Å². The number of hydrogen-bond donors (Lipinski definition) is 1. The van der Waals surface area contributed by atoms with E-state index in [0.717, 1.165) is 6.54 Å². The van der Waals surface area contributed by atoms with Gasteiger partial charge in [-0.15, -0.1) is 0 Å². The molecule has 1 aliphatic heterocycles. The smallest absolute Gasteiger partial charge is 0.226 e. The molecular formula is C12H20N2O2. The number of nitrogens with two attached hydrogens (primary N) is 1. The van der Waals surface area contributed by atoms with E-state index in [9.17, 15) is 4.79 Å². The lowest BCUT2D eigenvalue weighted by Crippen LogP contribution is -2.52. The third kappa shape index (κ3) is 1.55. The van der Waals surface area contributed by atoms with Crippen molar-refractivity contribution in [1.82, 2.24) is 4.90 Å². The molecule has 2 aliphatic carbocycles. The van der Waals surface area contributed by atoms with Crippen LogP contribution in [0.2, 0.25) is 0 Å². The Kier molecular flexibility index (Phi) is 2.64. The number of hydrogen-bond acceptors (Lipinski definition) is 3. The highest BCUT2D eigenvalue weighted by Crippen LogP contribution is 2.58. The molecule has 3 fully saturated rings. The van der Waals surface area contributed by atoms with Crippen molar-refractivity contribution in [2.24, 2.45) is 23.5 Å². The van der Waals surface area contributed by atoms with Crippen LogP contribution in [0.25, 0.3) is 0 Å².